The van der Waals surface area contributed by atoms with Crippen molar-refractivity contribution < 1.29 is 0 Å². The number of aromatic nitrogens is 3. The van der Waals surface area contributed by atoms with Crippen LogP contribution >= 0.6 is 0 Å². The summed E-state index contributed by atoms with van der Waals surface area (Å²) in [6.45, 7) is 0. The van der Waals surface area contributed by atoms with Gasteiger partial charge in [0.25, 0.3) is 0 Å². The Labute approximate surface area is 219 Å². The van der Waals surface area contributed by atoms with Crippen molar-refractivity contribution in [2.45, 2.75) is 0 Å². The van der Waals surface area contributed by atoms with Crippen LogP contribution in [0.15, 0.2) is 140 Å². The molecule has 8 rings (SSSR count). The van der Waals surface area contributed by atoms with E-state index in [2.05, 4.69) is 137 Å². The smallest absolute Gasteiger partial charge is 0.137 e. The first-order chi connectivity index (χ1) is 18.9. The van der Waals surface area contributed by atoms with Crippen LogP contribution in [-0.4, -0.2) is 14.1 Å². The number of hydrogen-bond donors (Lipinski definition) is 0. The number of pyridine rings is 1. The van der Waals surface area contributed by atoms with E-state index in [0.717, 1.165) is 11.5 Å². The fourth-order valence-electron chi connectivity index (χ4n) is 5.90. The maximum Gasteiger partial charge on any atom is 0.137 e. The summed E-state index contributed by atoms with van der Waals surface area (Å²) in [4.78, 5) is 4.73. The average Bonchev–Trinajstić information content (AvgIpc) is 3.57. The van der Waals surface area contributed by atoms with E-state index < -0.39 is 0 Å². The SMILES string of the molecule is c1ccc(-n2c3ccccc3c3cc(-c4ccc(-n5ccc6ccccc65)cc4)c4ccccc4c32)nc1. The maximum atomic E-state index is 4.73. The third-order valence-electron chi connectivity index (χ3n) is 7.61. The first-order valence-electron chi connectivity index (χ1n) is 12.9. The lowest BCUT2D eigenvalue weighted by Crippen LogP contribution is -1.97. The van der Waals surface area contributed by atoms with Crippen molar-refractivity contribution in [3.63, 3.8) is 0 Å². The van der Waals surface area contributed by atoms with Crippen LogP contribution in [0.5, 0.6) is 0 Å². The highest BCUT2D eigenvalue weighted by Crippen LogP contribution is 2.41. The van der Waals surface area contributed by atoms with Crippen LogP contribution in [0.4, 0.5) is 0 Å². The Morgan fingerprint density at radius 1 is 0.526 bits per heavy atom. The van der Waals surface area contributed by atoms with Crippen molar-refractivity contribution in [2.24, 2.45) is 0 Å². The van der Waals surface area contributed by atoms with Crippen molar-refractivity contribution in [3.8, 4) is 22.6 Å². The molecule has 0 unspecified atom stereocenters. The molecule has 5 aromatic carbocycles. The lowest BCUT2D eigenvalue weighted by Gasteiger charge is -2.13. The Bertz CT molecular complexity index is 2110. The highest BCUT2D eigenvalue weighted by Gasteiger charge is 2.18. The Balaban J connectivity index is 1.38. The molecule has 178 valence electrons. The Morgan fingerprint density at radius 3 is 2.05 bits per heavy atom. The second-order valence-electron chi connectivity index (χ2n) is 9.70. The Morgan fingerprint density at radius 2 is 1.24 bits per heavy atom. The minimum atomic E-state index is 0.930. The molecule has 3 aromatic heterocycles. The van der Waals surface area contributed by atoms with E-state index in [9.17, 15) is 0 Å². The topological polar surface area (TPSA) is 22.8 Å². The van der Waals surface area contributed by atoms with E-state index in [1.165, 1.54) is 54.6 Å². The quantitative estimate of drug-likeness (QED) is 0.245. The lowest BCUT2D eigenvalue weighted by molar-refractivity contribution is 1.08. The largest absolute Gasteiger partial charge is 0.317 e. The molecule has 3 heteroatoms. The minimum absolute atomic E-state index is 0.930. The van der Waals surface area contributed by atoms with Crippen LogP contribution in [0.1, 0.15) is 0 Å². The number of benzene rings is 5. The summed E-state index contributed by atoms with van der Waals surface area (Å²) in [7, 11) is 0. The molecule has 0 radical (unpaired) electrons. The van der Waals surface area contributed by atoms with Crippen molar-refractivity contribution in [1.82, 2.24) is 14.1 Å². The first-order valence-corrected chi connectivity index (χ1v) is 12.9. The van der Waals surface area contributed by atoms with Gasteiger partial charge in [0, 0.05) is 34.2 Å². The van der Waals surface area contributed by atoms with Crippen LogP contribution in [0.25, 0.3) is 66.1 Å². The van der Waals surface area contributed by atoms with Crippen LogP contribution in [0, 0.1) is 0 Å². The molecule has 0 aliphatic carbocycles. The number of hydrogen-bond acceptors (Lipinski definition) is 1. The van der Waals surface area contributed by atoms with Gasteiger partial charge < -0.3 is 4.57 Å². The van der Waals surface area contributed by atoms with Gasteiger partial charge in [0.1, 0.15) is 5.82 Å². The van der Waals surface area contributed by atoms with Gasteiger partial charge in [-0.15, -0.1) is 0 Å². The summed E-state index contributed by atoms with van der Waals surface area (Å²) in [5.41, 5.74) is 7.18. The Hall–Kier alpha value is -5.15. The molecule has 0 aliphatic heterocycles. The number of nitrogens with zero attached hydrogens (tertiary/aromatic N) is 3. The molecule has 0 saturated carbocycles. The third-order valence-corrected chi connectivity index (χ3v) is 7.61. The minimum Gasteiger partial charge on any atom is -0.317 e. The zero-order valence-corrected chi connectivity index (χ0v) is 20.6. The van der Waals surface area contributed by atoms with Crippen molar-refractivity contribution in [2.75, 3.05) is 0 Å². The van der Waals surface area contributed by atoms with E-state index in [0.29, 0.717) is 0 Å². The maximum absolute atomic E-state index is 4.73. The Kier molecular flexibility index (Phi) is 4.52. The lowest BCUT2D eigenvalue weighted by atomic mass is 9.95. The molecule has 38 heavy (non-hydrogen) atoms. The van der Waals surface area contributed by atoms with Gasteiger partial charge in [-0.2, -0.15) is 0 Å². The second-order valence-corrected chi connectivity index (χ2v) is 9.70. The zero-order chi connectivity index (χ0) is 25.1. The average molecular weight is 486 g/mol. The van der Waals surface area contributed by atoms with E-state index in [1.807, 2.05) is 12.3 Å². The fraction of sp³-hybridized carbons (Fsp3) is 0. The van der Waals surface area contributed by atoms with Crippen LogP contribution in [-0.2, 0) is 0 Å². The molecule has 0 bridgehead atoms. The highest BCUT2D eigenvalue weighted by atomic mass is 15.1. The van der Waals surface area contributed by atoms with Gasteiger partial charge in [-0.05, 0) is 70.4 Å². The number of fused-ring (bicyclic) bond motifs is 6. The van der Waals surface area contributed by atoms with Gasteiger partial charge in [-0.3, -0.25) is 4.57 Å². The molecule has 0 atom stereocenters. The second kappa shape index (κ2) is 8.19. The van der Waals surface area contributed by atoms with E-state index in [1.54, 1.807) is 0 Å². The molecule has 0 aliphatic rings. The van der Waals surface area contributed by atoms with Gasteiger partial charge in [0.05, 0.1) is 16.6 Å². The summed E-state index contributed by atoms with van der Waals surface area (Å²) in [6.07, 6.45) is 4.01. The van der Waals surface area contributed by atoms with Crippen molar-refractivity contribution in [3.05, 3.63) is 140 Å². The summed E-state index contributed by atoms with van der Waals surface area (Å²) < 4.78 is 4.55. The molecule has 0 spiro atoms. The van der Waals surface area contributed by atoms with Crippen LogP contribution < -0.4 is 0 Å². The van der Waals surface area contributed by atoms with Crippen molar-refractivity contribution >= 4 is 43.5 Å². The summed E-state index contributed by atoms with van der Waals surface area (Å²) >= 11 is 0. The third kappa shape index (κ3) is 3.06. The molecule has 3 nitrogen and oxygen atoms in total. The molecule has 8 aromatic rings. The van der Waals surface area contributed by atoms with E-state index in [-0.39, 0.29) is 0 Å². The highest BCUT2D eigenvalue weighted by molar-refractivity contribution is 6.22. The molecule has 0 N–H and O–H groups in total. The van der Waals surface area contributed by atoms with Gasteiger partial charge >= 0.3 is 0 Å². The van der Waals surface area contributed by atoms with E-state index >= 15 is 0 Å². The number of rotatable bonds is 3. The van der Waals surface area contributed by atoms with Gasteiger partial charge in [-0.25, -0.2) is 4.98 Å². The van der Waals surface area contributed by atoms with Gasteiger partial charge in [0.15, 0.2) is 0 Å². The monoisotopic (exact) mass is 485 g/mol. The van der Waals surface area contributed by atoms with Gasteiger partial charge in [-0.1, -0.05) is 78.9 Å². The summed E-state index contributed by atoms with van der Waals surface area (Å²) in [5.74, 6) is 0.930. The van der Waals surface area contributed by atoms with E-state index in [4.69, 9.17) is 4.98 Å². The van der Waals surface area contributed by atoms with Crippen LogP contribution in [0.2, 0.25) is 0 Å². The number of para-hydroxylation sites is 2. The van der Waals surface area contributed by atoms with Gasteiger partial charge in [0.2, 0.25) is 0 Å². The summed E-state index contributed by atoms with van der Waals surface area (Å²) in [6, 6.07) is 45.4. The molecular weight excluding hydrogens is 462 g/mol. The predicted octanol–water partition coefficient (Wildman–Crippen LogP) is 8.94. The molecule has 0 saturated heterocycles. The predicted molar refractivity (Wildman–Crippen MR) is 158 cm³/mol. The molecule has 0 fully saturated rings. The zero-order valence-electron chi connectivity index (χ0n) is 20.6. The molecular formula is C35H23N3. The normalized spacial score (nSPS) is 11.7. The van der Waals surface area contributed by atoms with Crippen LogP contribution in [0.3, 0.4) is 0 Å². The first kappa shape index (κ1) is 21.0. The fourth-order valence-corrected chi connectivity index (χ4v) is 5.90. The van der Waals surface area contributed by atoms with Crippen molar-refractivity contribution in [1.29, 1.82) is 0 Å². The molecule has 3 heterocycles. The summed E-state index contributed by atoms with van der Waals surface area (Å²) in [5, 5.41) is 6.18. The molecule has 0 amide bonds. The standard InChI is InChI=1S/C35H23N3/c1-5-13-32-25(9-1)20-22-37(32)26-18-16-24(17-19-26)30-23-31-28-11-4-6-14-33(28)38(34-15-7-8-21-36-34)35(31)29-12-3-2-10-27(29)30/h1-23H.